The third-order valence-corrected chi connectivity index (χ3v) is 5.89. The first-order valence-electron chi connectivity index (χ1n) is 11.9. The highest BCUT2D eigenvalue weighted by molar-refractivity contribution is 5.97. The zero-order valence-corrected chi connectivity index (χ0v) is 21.0. The smallest absolute Gasteiger partial charge is 0.404 e. The first kappa shape index (κ1) is 28.6. The van der Waals surface area contributed by atoms with Gasteiger partial charge in [0.05, 0.1) is 19.8 Å². The summed E-state index contributed by atoms with van der Waals surface area (Å²) in [4.78, 5) is 40.0. The van der Waals surface area contributed by atoms with Crippen LogP contribution in [0.4, 0.5) is 13.6 Å². The number of nitrogens with zero attached hydrogens (tertiary/aromatic N) is 2. The Bertz CT molecular complexity index is 1150. The Kier molecular flexibility index (Phi) is 9.45. The van der Waals surface area contributed by atoms with Crippen LogP contribution in [-0.4, -0.2) is 60.7 Å². The van der Waals surface area contributed by atoms with Gasteiger partial charge in [-0.05, 0) is 56.7 Å². The summed E-state index contributed by atoms with van der Waals surface area (Å²) in [6.07, 6.45) is 2.43. The van der Waals surface area contributed by atoms with E-state index in [2.05, 4.69) is 20.2 Å². The number of oxazole rings is 1. The van der Waals surface area contributed by atoms with E-state index in [0.717, 1.165) is 12.8 Å². The normalized spacial score (nSPS) is 17.4. The summed E-state index contributed by atoms with van der Waals surface area (Å²) in [5.74, 6) is -0.450. The van der Waals surface area contributed by atoms with Crippen molar-refractivity contribution >= 4 is 17.9 Å². The van der Waals surface area contributed by atoms with E-state index < -0.39 is 36.6 Å². The summed E-state index contributed by atoms with van der Waals surface area (Å²) in [5.41, 5.74) is 16.3. The lowest BCUT2D eigenvalue weighted by Crippen LogP contribution is -2.44. The molecule has 1 aromatic carbocycles. The third-order valence-electron chi connectivity index (χ3n) is 5.89. The topological polar surface area (TPSA) is 186 Å². The number of carbonyl (C=O) groups is 3. The van der Waals surface area contributed by atoms with Crippen LogP contribution in [-0.2, 0) is 9.53 Å². The van der Waals surface area contributed by atoms with Gasteiger partial charge in [-0.2, -0.15) is 8.78 Å². The zero-order valence-electron chi connectivity index (χ0n) is 21.0. The van der Waals surface area contributed by atoms with E-state index in [1.165, 1.54) is 30.2 Å². The van der Waals surface area contributed by atoms with Crippen molar-refractivity contribution in [2.45, 2.75) is 51.3 Å². The molecule has 38 heavy (non-hydrogen) atoms. The van der Waals surface area contributed by atoms with E-state index in [-0.39, 0.29) is 28.8 Å². The van der Waals surface area contributed by atoms with Gasteiger partial charge >= 0.3 is 12.7 Å². The molecule has 0 spiro atoms. The Hall–Kier alpha value is -3.94. The van der Waals surface area contributed by atoms with E-state index >= 15 is 0 Å². The van der Waals surface area contributed by atoms with Crippen molar-refractivity contribution in [2.75, 3.05) is 20.3 Å². The highest BCUT2D eigenvalue weighted by Gasteiger charge is 2.36. The highest BCUT2D eigenvalue weighted by Crippen LogP contribution is 2.37. The van der Waals surface area contributed by atoms with Crippen LogP contribution in [0.2, 0.25) is 0 Å². The molecule has 208 valence electrons. The second-order valence-electron chi connectivity index (χ2n) is 8.90. The number of halogens is 2. The standard InChI is InChI=1S/C22H26F2N4O5.C2H5NO2/c1-11(25)18-17(21(30)28-8-2-3-14(28)19(26)29)27-20(33-18)13-6-7-15(32-22(23)24)16(9-13)31-10-12-4-5-12;1-5-2(3)4/h6-7,9,11-12,14,22H,2-5,8,10,25H2,1H3,(H2,26,29);1H3,(H2,3,4)/t11-,14?;/m0./s1. The van der Waals surface area contributed by atoms with Gasteiger partial charge < -0.3 is 40.7 Å². The minimum atomic E-state index is -3.01. The van der Waals surface area contributed by atoms with Gasteiger partial charge in [-0.25, -0.2) is 9.78 Å². The quantitative estimate of drug-likeness (QED) is 0.430. The summed E-state index contributed by atoms with van der Waals surface area (Å²) in [7, 11) is 1.22. The van der Waals surface area contributed by atoms with Crippen LogP contribution >= 0.6 is 0 Å². The zero-order chi connectivity index (χ0) is 28.0. The molecule has 1 saturated heterocycles. The lowest BCUT2D eigenvalue weighted by Gasteiger charge is -2.21. The number of alkyl halides is 2. The van der Waals surface area contributed by atoms with Crippen molar-refractivity contribution < 1.29 is 41.8 Å². The molecule has 1 aromatic heterocycles. The van der Waals surface area contributed by atoms with Crippen molar-refractivity contribution in [3.05, 3.63) is 29.7 Å². The maximum absolute atomic E-state index is 13.2. The van der Waals surface area contributed by atoms with Gasteiger partial charge in [0.2, 0.25) is 11.8 Å². The van der Waals surface area contributed by atoms with Gasteiger partial charge in [0, 0.05) is 12.1 Å². The molecular formula is C24H31F2N5O7. The number of likely N-dealkylation sites (tertiary alicyclic amines) is 1. The molecule has 1 aliphatic heterocycles. The second kappa shape index (κ2) is 12.5. The Morgan fingerprint density at radius 1 is 1.18 bits per heavy atom. The monoisotopic (exact) mass is 539 g/mol. The number of amides is 3. The second-order valence-corrected chi connectivity index (χ2v) is 8.90. The third kappa shape index (κ3) is 7.31. The minimum absolute atomic E-state index is 0.0125. The first-order valence-corrected chi connectivity index (χ1v) is 11.9. The van der Waals surface area contributed by atoms with Crippen LogP contribution < -0.4 is 26.7 Å². The number of benzene rings is 1. The molecule has 0 radical (unpaired) electrons. The Morgan fingerprint density at radius 2 is 1.87 bits per heavy atom. The Morgan fingerprint density at radius 3 is 2.42 bits per heavy atom. The van der Waals surface area contributed by atoms with Crippen LogP contribution in [0.15, 0.2) is 22.6 Å². The fourth-order valence-electron chi connectivity index (χ4n) is 3.80. The molecule has 2 heterocycles. The molecule has 12 nitrogen and oxygen atoms in total. The largest absolute Gasteiger partial charge is 0.489 e. The number of hydrogen-bond acceptors (Lipinski definition) is 9. The molecule has 1 saturated carbocycles. The van der Waals surface area contributed by atoms with Crippen LogP contribution in [0.5, 0.6) is 11.5 Å². The van der Waals surface area contributed by atoms with Crippen molar-refractivity contribution in [2.24, 2.45) is 23.1 Å². The fraction of sp³-hybridized carbons (Fsp3) is 0.500. The molecule has 1 unspecified atom stereocenters. The molecule has 2 aliphatic rings. The van der Waals surface area contributed by atoms with Crippen LogP contribution in [0.3, 0.4) is 0 Å². The van der Waals surface area contributed by atoms with Crippen LogP contribution in [0.1, 0.15) is 54.9 Å². The van der Waals surface area contributed by atoms with Crippen molar-refractivity contribution in [3.8, 4) is 23.0 Å². The highest BCUT2D eigenvalue weighted by atomic mass is 19.3. The number of ether oxygens (including phenoxy) is 3. The number of hydrogen-bond donors (Lipinski definition) is 3. The summed E-state index contributed by atoms with van der Waals surface area (Å²) in [6, 6.07) is 2.92. The van der Waals surface area contributed by atoms with Crippen molar-refractivity contribution in [1.82, 2.24) is 9.88 Å². The lowest BCUT2D eigenvalue weighted by atomic mass is 10.1. The molecule has 2 fully saturated rings. The van der Waals surface area contributed by atoms with Gasteiger partial charge in [-0.1, -0.05) is 0 Å². The first-order chi connectivity index (χ1) is 18.0. The van der Waals surface area contributed by atoms with Gasteiger partial charge in [0.15, 0.2) is 23.0 Å². The van der Waals surface area contributed by atoms with E-state index in [9.17, 15) is 23.2 Å². The maximum Gasteiger partial charge on any atom is 0.404 e. The molecule has 1 aliphatic carbocycles. The number of aromatic nitrogens is 1. The molecule has 0 bridgehead atoms. The van der Waals surface area contributed by atoms with Gasteiger partial charge in [-0.15, -0.1) is 0 Å². The Labute approximate surface area is 217 Å². The van der Waals surface area contributed by atoms with Crippen molar-refractivity contribution in [1.29, 1.82) is 0 Å². The average molecular weight is 540 g/mol. The van der Waals surface area contributed by atoms with Gasteiger partial charge in [-0.3, -0.25) is 9.59 Å². The number of rotatable bonds is 9. The van der Waals surface area contributed by atoms with E-state index in [1.807, 2.05) is 0 Å². The van der Waals surface area contributed by atoms with Gasteiger partial charge in [0.1, 0.15) is 6.04 Å². The summed E-state index contributed by atoms with van der Waals surface area (Å²) < 4.78 is 45.6. The maximum atomic E-state index is 13.2. The number of carbonyl (C=O) groups excluding carboxylic acids is 3. The number of nitrogens with two attached hydrogens (primary N) is 3. The minimum Gasteiger partial charge on any atom is -0.489 e. The predicted octanol–water partition coefficient (Wildman–Crippen LogP) is 2.55. The lowest BCUT2D eigenvalue weighted by molar-refractivity contribution is -0.121. The predicted molar refractivity (Wildman–Crippen MR) is 129 cm³/mol. The number of primary amides is 2. The van der Waals surface area contributed by atoms with E-state index in [4.69, 9.17) is 20.6 Å². The summed E-state index contributed by atoms with van der Waals surface area (Å²) in [6.45, 7) is -0.618. The van der Waals surface area contributed by atoms with Crippen LogP contribution in [0.25, 0.3) is 11.5 Å². The molecule has 3 amide bonds. The molecule has 6 N–H and O–H groups in total. The fourth-order valence-corrected chi connectivity index (χ4v) is 3.80. The number of methoxy groups -OCH3 is 1. The molecule has 4 rings (SSSR count). The Balaban J connectivity index is 0.000000732. The van der Waals surface area contributed by atoms with E-state index in [1.54, 1.807) is 6.92 Å². The summed E-state index contributed by atoms with van der Waals surface area (Å²) >= 11 is 0. The average Bonchev–Trinajstić information content (AvgIpc) is 3.37. The molecular weight excluding hydrogens is 508 g/mol. The SMILES string of the molecule is COC(N)=O.C[C@H](N)c1oc(-c2ccc(OC(F)F)c(OCC3CC3)c2)nc1C(=O)N1CCCC1C(N)=O. The van der Waals surface area contributed by atoms with Crippen LogP contribution in [0, 0.1) is 5.92 Å². The molecule has 14 heteroatoms. The van der Waals surface area contributed by atoms with Gasteiger partial charge in [0.25, 0.3) is 5.91 Å². The molecule has 2 aromatic rings. The van der Waals surface area contributed by atoms with E-state index in [0.29, 0.717) is 37.5 Å². The van der Waals surface area contributed by atoms with Crippen molar-refractivity contribution in [3.63, 3.8) is 0 Å². The molecule has 2 atom stereocenters. The summed E-state index contributed by atoms with van der Waals surface area (Å²) in [5, 5.41) is 0.